The third-order valence-electron chi connectivity index (χ3n) is 5.13. The molecule has 0 radical (unpaired) electrons. The van der Waals surface area contributed by atoms with Gasteiger partial charge in [-0.15, -0.1) is 24.0 Å². The van der Waals surface area contributed by atoms with E-state index in [9.17, 15) is 0 Å². The summed E-state index contributed by atoms with van der Waals surface area (Å²) in [6.45, 7) is 9.48. The number of pyridine rings is 1. The molecule has 0 saturated carbocycles. The van der Waals surface area contributed by atoms with Crippen LogP contribution in [0.3, 0.4) is 0 Å². The van der Waals surface area contributed by atoms with Crippen LogP contribution in [0.1, 0.15) is 61.0 Å². The monoisotopic (exact) mass is 537 g/mol. The molecule has 0 atom stereocenters. The van der Waals surface area contributed by atoms with Crippen molar-refractivity contribution in [3.8, 4) is 5.82 Å². The molecule has 0 aromatic carbocycles. The Morgan fingerprint density at radius 1 is 1.13 bits per heavy atom. The number of aromatic nitrogens is 4. The van der Waals surface area contributed by atoms with Crippen LogP contribution in [0.25, 0.3) is 5.82 Å². The van der Waals surface area contributed by atoms with E-state index in [1.807, 2.05) is 49.0 Å². The first-order valence-electron chi connectivity index (χ1n) is 10.4. The van der Waals surface area contributed by atoms with Gasteiger partial charge in [0.25, 0.3) is 0 Å². The third-order valence-corrected chi connectivity index (χ3v) is 5.13. The fraction of sp³-hybridized carbons (Fsp3) is 0.455. The maximum atomic E-state index is 5.46. The summed E-state index contributed by atoms with van der Waals surface area (Å²) in [6, 6.07) is 8.08. The SMILES string of the molecule is CCC(CC)c1cc(CNC(=NC)NCc2ccc(-n3nc(C)cc3C)nc2)on1.I. The van der Waals surface area contributed by atoms with Crippen molar-refractivity contribution in [3.05, 3.63) is 58.9 Å². The quantitative estimate of drug-likeness (QED) is 0.254. The van der Waals surface area contributed by atoms with E-state index in [-0.39, 0.29) is 24.0 Å². The molecule has 0 fully saturated rings. The molecular weight excluding hydrogens is 505 g/mol. The van der Waals surface area contributed by atoms with Gasteiger partial charge in [0, 0.05) is 37.5 Å². The highest BCUT2D eigenvalue weighted by Gasteiger charge is 2.13. The summed E-state index contributed by atoms with van der Waals surface area (Å²) in [4.78, 5) is 8.80. The molecule has 31 heavy (non-hydrogen) atoms. The summed E-state index contributed by atoms with van der Waals surface area (Å²) in [7, 11) is 1.75. The molecule has 3 aromatic heterocycles. The minimum Gasteiger partial charge on any atom is -0.359 e. The zero-order chi connectivity index (χ0) is 21.5. The van der Waals surface area contributed by atoms with E-state index in [0.29, 0.717) is 25.0 Å². The van der Waals surface area contributed by atoms with Gasteiger partial charge in [0.1, 0.15) is 0 Å². The standard InChI is InChI=1S/C22H31N7O.HI/c1-6-18(7-2)20-11-19(30-28-20)14-26-22(23-5)25-13-17-8-9-21(24-12-17)29-16(4)10-15(3)27-29;/h8-12,18H,6-7,13-14H2,1-5H3,(H2,23,25,26);1H. The van der Waals surface area contributed by atoms with Crippen molar-refractivity contribution >= 4 is 29.9 Å². The van der Waals surface area contributed by atoms with E-state index in [1.165, 1.54) is 0 Å². The molecule has 3 heterocycles. The van der Waals surface area contributed by atoms with Gasteiger partial charge in [0.05, 0.1) is 17.9 Å². The van der Waals surface area contributed by atoms with E-state index in [0.717, 1.165) is 47.1 Å². The molecule has 0 amide bonds. The molecule has 0 aliphatic carbocycles. The third kappa shape index (κ3) is 6.52. The first kappa shape index (κ1) is 24.8. The predicted molar refractivity (Wildman–Crippen MR) is 133 cm³/mol. The van der Waals surface area contributed by atoms with Crippen molar-refractivity contribution in [2.75, 3.05) is 7.05 Å². The number of nitrogens with one attached hydrogen (secondary N) is 2. The zero-order valence-corrected chi connectivity index (χ0v) is 21.2. The molecule has 9 heteroatoms. The van der Waals surface area contributed by atoms with Crippen LogP contribution in [0, 0.1) is 13.8 Å². The number of hydrogen-bond donors (Lipinski definition) is 2. The molecule has 2 N–H and O–H groups in total. The molecule has 0 saturated heterocycles. The highest BCUT2D eigenvalue weighted by atomic mass is 127. The number of hydrogen-bond acceptors (Lipinski definition) is 5. The second kappa shape index (κ2) is 11.8. The zero-order valence-electron chi connectivity index (χ0n) is 18.8. The number of aryl methyl sites for hydroxylation is 2. The van der Waals surface area contributed by atoms with Gasteiger partial charge in [-0.05, 0) is 44.4 Å². The van der Waals surface area contributed by atoms with Gasteiger partial charge < -0.3 is 15.2 Å². The minimum atomic E-state index is 0. The Hall–Kier alpha value is -2.43. The smallest absolute Gasteiger partial charge is 0.191 e. The Bertz CT molecular complexity index is 974. The average Bonchev–Trinajstić information content (AvgIpc) is 3.35. The van der Waals surface area contributed by atoms with E-state index >= 15 is 0 Å². The van der Waals surface area contributed by atoms with E-state index in [1.54, 1.807) is 7.05 Å². The molecule has 0 bridgehead atoms. The van der Waals surface area contributed by atoms with Gasteiger partial charge in [-0.2, -0.15) is 5.10 Å². The lowest BCUT2D eigenvalue weighted by atomic mass is 9.99. The molecule has 0 aliphatic rings. The molecule has 0 aliphatic heterocycles. The second-order valence-electron chi connectivity index (χ2n) is 7.37. The van der Waals surface area contributed by atoms with Crippen molar-refractivity contribution in [3.63, 3.8) is 0 Å². The Labute approximate surface area is 200 Å². The van der Waals surface area contributed by atoms with Gasteiger partial charge in [-0.3, -0.25) is 4.99 Å². The topological polar surface area (TPSA) is 93.2 Å². The van der Waals surface area contributed by atoms with Crippen molar-refractivity contribution in [2.45, 2.75) is 59.5 Å². The summed E-state index contributed by atoms with van der Waals surface area (Å²) in [5.41, 5.74) is 4.12. The molecule has 3 rings (SSSR count). The van der Waals surface area contributed by atoms with Gasteiger partial charge in [-0.1, -0.05) is 25.1 Å². The summed E-state index contributed by atoms with van der Waals surface area (Å²) >= 11 is 0. The van der Waals surface area contributed by atoms with Crippen LogP contribution in [-0.2, 0) is 13.1 Å². The van der Waals surface area contributed by atoms with Crippen molar-refractivity contribution in [1.82, 2.24) is 30.6 Å². The van der Waals surface area contributed by atoms with E-state index in [4.69, 9.17) is 4.52 Å². The lowest BCUT2D eigenvalue weighted by Crippen LogP contribution is -2.36. The van der Waals surface area contributed by atoms with Gasteiger partial charge in [0.15, 0.2) is 17.5 Å². The minimum absolute atomic E-state index is 0. The summed E-state index contributed by atoms with van der Waals surface area (Å²) in [6.07, 6.45) is 3.97. The lowest BCUT2D eigenvalue weighted by Gasteiger charge is -2.11. The fourth-order valence-corrected chi connectivity index (χ4v) is 3.40. The summed E-state index contributed by atoms with van der Waals surface area (Å²) in [5.74, 6) is 2.75. The molecule has 0 unspecified atom stereocenters. The Morgan fingerprint density at radius 3 is 2.45 bits per heavy atom. The second-order valence-corrected chi connectivity index (χ2v) is 7.37. The first-order valence-corrected chi connectivity index (χ1v) is 10.4. The lowest BCUT2D eigenvalue weighted by molar-refractivity contribution is 0.368. The number of nitrogens with zero attached hydrogens (tertiary/aromatic N) is 5. The average molecular weight is 537 g/mol. The summed E-state index contributed by atoms with van der Waals surface area (Å²) in [5, 5.41) is 15.2. The van der Waals surface area contributed by atoms with Crippen LogP contribution in [0.2, 0.25) is 0 Å². The van der Waals surface area contributed by atoms with Crippen LogP contribution >= 0.6 is 24.0 Å². The molecule has 168 valence electrons. The number of halogens is 1. The Morgan fingerprint density at radius 2 is 1.87 bits per heavy atom. The molecule has 0 spiro atoms. The molecule has 8 nitrogen and oxygen atoms in total. The highest BCUT2D eigenvalue weighted by molar-refractivity contribution is 14.0. The van der Waals surface area contributed by atoms with Crippen LogP contribution in [0.4, 0.5) is 0 Å². The van der Waals surface area contributed by atoms with Gasteiger partial charge in [-0.25, -0.2) is 9.67 Å². The maximum absolute atomic E-state index is 5.46. The van der Waals surface area contributed by atoms with E-state index < -0.39 is 0 Å². The largest absolute Gasteiger partial charge is 0.359 e. The Balaban J connectivity index is 0.00000341. The highest BCUT2D eigenvalue weighted by Crippen LogP contribution is 2.22. The summed E-state index contributed by atoms with van der Waals surface area (Å²) < 4.78 is 7.31. The first-order chi connectivity index (χ1) is 14.5. The maximum Gasteiger partial charge on any atom is 0.191 e. The van der Waals surface area contributed by atoms with Crippen molar-refractivity contribution in [2.24, 2.45) is 4.99 Å². The van der Waals surface area contributed by atoms with Gasteiger partial charge >= 0.3 is 0 Å². The van der Waals surface area contributed by atoms with Crippen molar-refractivity contribution < 1.29 is 4.52 Å². The fourth-order valence-electron chi connectivity index (χ4n) is 3.40. The van der Waals surface area contributed by atoms with Crippen LogP contribution in [0.15, 0.2) is 40.0 Å². The Kier molecular flexibility index (Phi) is 9.47. The van der Waals surface area contributed by atoms with E-state index in [2.05, 4.69) is 44.7 Å². The van der Waals surface area contributed by atoms with Crippen LogP contribution in [0.5, 0.6) is 0 Å². The number of guanidine groups is 1. The predicted octanol–water partition coefficient (Wildman–Crippen LogP) is 4.26. The number of rotatable bonds is 8. The normalized spacial score (nSPS) is 11.5. The van der Waals surface area contributed by atoms with Crippen molar-refractivity contribution in [1.29, 1.82) is 0 Å². The van der Waals surface area contributed by atoms with Crippen LogP contribution < -0.4 is 10.6 Å². The molecular formula is C22H32IN7O. The van der Waals surface area contributed by atoms with Crippen LogP contribution in [-0.4, -0.2) is 32.9 Å². The molecule has 3 aromatic rings. The number of aliphatic imine (C=N–C) groups is 1. The van der Waals surface area contributed by atoms with Gasteiger partial charge in [0.2, 0.25) is 0 Å².